The molecule has 41 heavy (non-hydrogen) atoms. The monoisotopic (exact) mass is 584 g/mol. The first-order valence-corrected chi connectivity index (χ1v) is 14.9. The number of nitrogens with two attached hydrogens (primary N) is 1. The molecule has 0 aromatic rings. The van der Waals surface area contributed by atoms with Crippen molar-refractivity contribution in [3.8, 4) is 0 Å². The third kappa shape index (κ3) is 15.5. The van der Waals surface area contributed by atoms with Gasteiger partial charge in [-0.25, -0.2) is 15.4 Å². The molecular formula is C28H52N6O7. The summed E-state index contributed by atoms with van der Waals surface area (Å²) in [4.78, 5) is 63.1. The normalized spacial score (nSPS) is 16.0. The van der Waals surface area contributed by atoms with Crippen LogP contribution >= 0.6 is 0 Å². The Kier molecular flexibility index (Phi) is 16.7. The predicted molar refractivity (Wildman–Crippen MR) is 154 cm³/mol. The van der Waals surface area contributed by atoms with E-state index in [1.807, 2.05) is 6.92 Å². The van der Waals surface area contributed by atoms with Gasteiger partial charge in [0.2, 0.25) is 11.8 Å². The number of hydrazine groups is 1. The predicted octanol–water partition coefficient (Wildman–Crippen LogP) is 2.53. The van der Waals surface area contributed by atoms with Gasteiger partial charge >= 0.3 is 12.2 Å². The Morgan fingerprint density at radius 1 is 0.805 bits per heavy atom. The van der Waals surface area contributed by atoms with E-state index >= 15 is 0 Å². The molecule has 1 rings (SSSR count). The van der Waals surface area contributed by atoms with E-state index in [4.69, 9.17) is 15.3 Å². The van der Waals surface area contributed by atoms with E-state index in [1.54, 1.807) is 27.7 Å². The number of carbonyl (C=O) groups is 5. The molecule has 0 bridgehead atoms. The van der Waals surface area contributed by atoms with Gasteiger partial charge in [-0.2, -0.15) is 0 Å². The van der Waals surface area contributed by atoms with E-state index in [1.165, 1.54) is 0 Å². The maximum Gasteiger partial charge on any atom is 0.407 e. The number of hydrogen-bond donors (Lipinski definition) is 6. The van der Waals surface area contributed by atoms with Crippen LogP contribution in [0.4, 0.5) is 9.59 Å². The second-order valence-corrected chi connectivity index (χ2v) is 11.5. The second-order valence-electron chi connectivity index (χ2n) is 11.5. The van der Waals surface area contributed by atoms with Crippen molar-refractivity contribution in [1.29, 1.82) is 0 Å². The van der Waals surface area contributed by atoms with Crippen molar-refractivity contribution in [3.05, 3.63) is 0 Å². The molecule has 1 saturated carbocycles. The summed E-state index contributed by atoms with van der Waals surface area (Å²) >= 11 is 0. The minimum absolute atomic E-state index is 0.161. The number of amides is 5. The van der Waals surface area contributed by atoms with Crippen LogP contribution in [-0.4, -0.2) is 66.8 Å². The van der Waals surface area contributed by atoms with Crippen molar-refractivity contribution in [2.75, 3.05) is 13.2 Å². The van der Waals surface area contributed by atoms with Crippen LogP contribution in [0, 0.1) is 5.92 Å². The van der Waals surface area contributed by atoms with Crippen LogP contribution in [-0.2, 0) is 23.9 Å². The Morgan fingerprint density at radius 3 is 1.98 bits per heavy atom. The lowest BCUT2D eigenvalue weighted by Crippen LogP contribution is -2.57. The molecule has 0 aromatic heterocycles. The molecule has 1 aliphatic carbocycles. The molecule has 1 aliphatic rings. The van der Waals surface area contributed by atoms with Gasteiger partial charge in [-0.3, -0.25) is 19.8 Å². The molecule has 0 unspecified atom stereocenters. The zero-order valence-electron chi connectivity index (χ0n) is 25.4. The lowest BCUT2D eigenvalue weighted by Gasteiger charge is -2.28. The van der Waals surface area contributed by atoms with Gasteiger partial charge in [0.15, 0.2) is 0 Å². The maximum atomic E-state index is 13.4. The molecule has 1 fully saturated rings. The van der Waals surface area contributed by atoms with Crippen molar-refractivity contribution < 1.29 is 33.4 Å². The van der Waals surface area contributed by atoms with Gasteiger partial charge < -0.3 is 30.7 Å². The molecule has 13 nitrogen and oxygen atoms in total. The van der Waals surface area contributed by atoms with E-state index in [9.17, 15) is 24.0 Å². The number of rotatable bonds is 16. The quantitative estimate of drug-likeness (QED) is 0.0690. The molecule has 0 saturated heterocycles. The third-order valence-electron chi connectivity index (χ3n) is 6.75. The standard InChI is InChI=1S/C28H52N6O7/c1-6-13-20(25(37)34-29)31-23(35)21(16-11-12-17-30-26(38)41-28(3,4)5)32-24(36)22(33-27(39)40-7-2)18-19-14-9-8-10-15-19/h19-22H,6-18,29H2,1-5H3,(H,30,38)(H,31,35)(H,32,36)(H,33,39)(H,34,37)/t20-,21-,22-/m0/s1. The number of nitrogens with one attached hydrogen (secondary N) is 5. The van der Waals surface area contributed by atoms with Crippen LogP contribution in [0.1, 0.15) is 105 Å². The van der Waals surface area contributed by atoms with Gasteiger partial charge in [-0.15, -0.1) is 0 Å². The number of carbonyl (C=O) groups excluding carboxylic acids is 5. The van der Waals surface area contributed by atoms with Crippen LogP contribution in [0.2, 0.25) is 0 Å². The fraction of sp³-hybridized carbons (Fsp3) is 0.821. The average molecular weight is 585 g/mol. The highest BCUT2D eigenvalue weighted by Gasteiger charge is 2.31. The highest BCUT2D eigenvalue weighted by Crippen LogP contribution is 2.27. The summed E-state index contributed by atoms with van der Waals surface area (Å²) in [6.07, 6.45) is 6.67. The highest BCUT2D eigenvalue weighted by atomic mass is 16.6. The topological polar surface area (TPSA) is 190 Å². The van der Waals surface area contributed by atoms with Crippen molar-refractivity contribution in [2.45, 2.75) is 129 Å². The molecule has 7 N–H and O–H groups in total. The van der Waals surface area contributed by atoms with Gasteiger partial charge in [0, 0.05) is 6.54 Å². The van der Waals surface area contributed by atoms with Crippen LogP contribution in [0.3, 0.4) is 0 Å². The minimum Gasteiger partial charge on any atom is -0.450 e. The van der Waals surface area contributed by atoms with Gasteiger partial charge in [0.1, 0.15) is 23.7 Å². The number of unbranched alkanes of at least 4 members (excludes halogenated alkanes) is 1. The maximum absolute atomic E-state index is 13.4. The van der Waals surface area contributed by atoms with Crippen molar-refractivity contribution in [3.63, 3.8) is 0 Å². The molecule has 0 heterocycles. The number of ether oxygens (including phenoxy) is 2. The minimum atomic E-state index is -0.980. The average Bonchev–Trinajstić information content (AvgIpc) is 2.90. The zero-order valence-corrected chi connectivity index (χ0v) is 25.4. The van der Waals surface area contributed by atoms with E-state index in [2.05, 4.69) is 26.7 Å². The van der Waals surface area contributed by atoms with Crippen LogP contribution in [0.5, 0.6) is 0 Å². The van der Waals surface area contributed by atoms with Crippen LogP contribution < -0.4 is 32.5 Å². The Labute approximate surface area is 244 Å². The largest absolute Gasteiger partial charge is 0.450 e. The fourth-order valence-corrected chi connectivity index (χ4v) is 4.75. The summed E-state index contributed by atoms with van der Waals surface area (Å²) in [5, 5.41) is 10.8. The summed E-state index contributed by atoms with van der Waals surface area (Å²) < 4.78 is 10.2. The van der Waals surface area contributed by atoms with Crippen molar-refractivity contribution in [2.24, 2.45) is 11.8 Å². The number of hydrogen-bond acceptors (Lipinski definition) is 8. The molecule has 3 atom stereocenters. The second kappa shape index (κ2) is 19.1. The number of alkyl carbamates (subject to hydrolysis) is 2. The molecule has 0 spiro atoms. The van der Waals surface area contributed by atoms with Crippen molar-refractivity contribution >= 4 is 29.9 Å². The molecule has 5 amide bonds. The van der Waals surface area contributed by atoms with Crippen LogP contribution in [0.15, 0.2) is 0 Å². The molecule has 13 heteroatoms. The molecular weight excluding hydrogens is 532 g/mol. The van der Waals surface area contributed by atoms with Gasteiger partial charge in [-0.05, 0) is 65.7 Å². The Morgan fingerprint density at radius 2 is 1.41 bits per heavy atom. The molecule has 0 aliphatic heterocycles. The summed E-state index contributed by atoms with van der Waals surface area (Å²) in [7, 11) is 0. The fourth-order valence-electron chi connectivity index (χ4n) is 4.75. The Bertz CT molecular complexity index is 842. The van der Waals surface area contributed by atoms with Gasteiger partial charge in [0.05, 0.1) is 6.61 Å². The SMILES string of the molecule is CCC[C@H](NC(=O)[C@H](CCCCNC(=O)OC(C)(C)C)NC(=O)[C@H](CC1CCCCC1)NC(=O)OCC)C(=O)NN. The summed E-state index contributed by atoms with van der Waals surface area (Å²) in [5.41, 5.74) is 1.45. The summed E-state index contributed by atoms with van der Waals surface area (Å²) in [5.74, 6) is 4.00. The van der Waals surface area contributed by atoms with Crippen molar-refractivity contribution in [1.82, 2.24) is 26.7 Å². The van der Waals surface area contributed by atoms with E-state index < -0.39 is 53.6 Å². The summed E-state index contributed by atoms with van der Waals surface area (Å²) in [6.45, 7) is 9.34. The highest BCUT2D eigenvalue weighted by molar-refractivity contribution is 5.93. The molecule has 236 valence electrons. The Hall–Kier alpha value is -3.09. The zero-order chi connectivity index (χ0) is 30.8. The van der Waals surface area contributed by atoms with E-state index in [0.29, 0.717) is 38.6 Å². The Balaban J connectivity index is 2.95. The van der Waals surface area contributed by atoms with E-state index in [0.717, 1.165) is 32.1 Å². The lowest BCUT2D eigenvalue weighted by atomic mass is 9.84. The molecule has 0 radical (unpaired) electrons. The summed E-state index contributed by atoms with van der Waals surface area (Å²) in [6, 6.07) is -2.71. The third-order valence-corrected chi connectivity index (χ3v) is 6.75. The smallest absolute Gasteiger partial charge is 0.407 e. The molecule has 0 aromatic carbocycles. The van der Waals surface area contributed by atoms with Gasteiger partial charge in [0.25, 0.3) is 5.91 Å². The first-order chi connectivity index (χ1) is 19.4. The van der Waals surface area contributed by atoms with Crippen LogP contribution in [0.25, 0.3) is 0 Å². The first-order valence-electron chi connectivity index (χ1n) is 14.9. The van der Waals surface area contributed by atoms with Gasteiger partial charge in [-0.1, -0.05) is 45.4 Å². The first kappa shape index (κ1) is 35.9. The lowest BCUT2D eigenvalue weighted by molar-refractivity contribution is -0.133. The van der Waals surface area contributed by atoms with E-state index in [-0.39, 0.29) is 18.9 Å².